The van der Waals surface area contributed by atoms with Gasteiger partial charge in [-0.3, -0.25) is 9.79 Å². The normalized spacial score (nSPS) is 11.3. The second kappa shape index (κ2) is 11.0. The van der Waals surface area contributed by atoms with Crippen molar-refractivity contribution < 1.29 is 9.21 Å². The molecule has 3 N–H and O–H groups in total. The predicted molar refractivity (Wildman–Crippen MR) is 92.8 cm³/mol. The van der Waals surface area contributed by atoms with Crippen molar-refractivity contribution in [2.75, 3.05) is 38.2 Å². The lowest BCUT2D eigenvalue weighted by atomic mass is 10.2. The summed E-state index contributed by atoms with van der Waals surface area (Å²) in [5, 5.41) is 9.30. The van der Waals surface area contributed by atoms with Gasteiger partial charge in [-0.2, -0.15) is 11.8 Å². The largest absolute Gasteiger partial charge is 0.459 e. The van der Waals surface area contributed by atoms with Crippen LogP contribution < -0.4 is 16.0 Å². The van der Waals surface area contributed by atoms with Crippen molar-refractivity contribution in [3.63, 3.8) is 0 Å². The molecule has 0 saturated carbocycles. The summed E-state index contributed by atoms with van der Waals surface area (Å²) < 4.78 is 5.15. The van der Waals surface area contributed by atoms with Crippen LogP contribution in [0.2, 0.25) is 0 Å². The van der Waals surface area contributed by atoms with E-state index in [1.54, 1.807) is 17.8 Å². The number of nitrogens with one attached hydrogen (secondary N) is 3. The lowest BCUT2D eigenvalue weighted by molar-refractivity contribution is 0.0925. The Labute approximate surface area is 136 Å². The molecule has 1 amide bonds. The Morgan fingerprint density at radius 1 is 1.32 bits per heavy atom. The van der Waals surface area contributed by atoms with Gasteiger partial charge in [-0.25, -0.2) is 0 Å². The maximum atomic E-state index is 11.8. The second-order valence-electron chi connectivity index (χ2n) is 4.72. The minimum Gasteiger partial charge on any atom is -0.459 e. The van der Waals surface area contributed by atoms with Gasteiger partial charge >= 0.3 is 0 Å². The monoisotopic (exact) mass is 326 g/mol. The predicted octanol–water partition coefficient (Wildman–Crippen LogP) is 1.63. The third-order valence-corrected chi connectivity index (χ3v) is 3.51. The number of amides is 1. The Morgan fingerprint density at radius 3 is 2.77 bits per heavy atom. The minimum atomic E-state index is -0.170. The van der Waals surface area contributed by atoms with Gasteiger partial charge in [0.15, 0.2) is 11.7 Å². The number of hydrogen-bond donors (Lipinski definition) is 3. The molecule has 1 aromatic rings. The number of thioether (sulfide) groups is 1. The first kappa shape index (κ1) is 18.4. The molecule has 0 unspecified atom stereocenters. The number of furan rings is 1. The van der Waals surface area contributed by atoms with Crippen molar-refractivity contribution in [3.05, 3.63) is 23.7 Å². The summed E-state index contributed by atoms with van der Waals surface area (Å²) >= 11 is 1.79. The van der Waals surface area contributed by atoms with Crippen LogP contribution >= 0.6 is 11.8 Å². The molecule has 1 rings (SSSR count). The molecule has 1 heterocycles. The third-order valence-electron chi connectivity index (χ3n) is 2.90. The number of nitrogens with zero attached hydrogens (tertiary/aromatic N) is 1. The molecule has 22 heavy (non-hydrogen) atoms. The first-order valence-corrected chi connectivity index (χ1v) is 8.91. The fourth-order valence-corrected chi connectivity index (χ4v) is 2.08. The van der Waals surface area contributed by atoms with Gasteiger partial charge in [-0.05, 0) is 32.6 Å². The summed E-state index contributed by atoms with van der Waals surface area (Å²) in [5.41, 5.74) is 0.850. The summed E-state index contributed by atoms with van der Waals surface area (Å²) in [5.74, 6) is 2.08. The van der Waals surface area contributed by atoms with Crippen LogP contribution in [0, 0.1) is 6.92 Å². The molecular weight excluding hydrogens is 300 g/mol. The summed E-state index contributed by atoms with van der Waals surface area (Å²) in [6.07, 6.45) is 4.39. The van der Waals surface area contributed by atoms with Crippen LogP contribution in [0.5, 0.6) is 0 Å². The highest BCUT2D eigenvalue weighted by molar-refractivity contribution is 7.98. The molecule has 0 aliphatic carbocycles. The van der Waals surface area contributed by atoms with Crippen molar-refractivity contribution in [2.24, 2.45) is 4.99 Å². The molecule has 0 bridgehead atoms. The van der Waals surface area contributed by atoms with E-state index in [9.17, 15) is 4.79 Å². The maximum absolute atomic E-state index is 11.8. The highest BCUT2D eigenvalue weighted by atomic mass is 32.2. The van der Waals surface area contributed by atoms with Gasteiger partial charge < -0.3 is 20.4 Å². The van der Waals surface area contributed by atoms with E-state index in [1.165, 1.54) is 6.26 Å². The van der Waals surface area contributed by atoms with Crippen LogP contribution in [0.1, 0.15) is 29.5 Å². The number of rotatable bonds is 9. The number of carbonyl (C=O) groups excluding carboxylic acids is 1. The molecule has 1 aromatic heterocycles. The first-order chi connectivity index (χ1) is 10.7. The van der Waals surface area contributed by atoms with Gasteiger partial charge in [0, 0.05) is 37.5 Å². The van der Waals surface area contributed by atoms with Gasteiger partial charge in [0.2, 0.25) is 0 Å². The van der Waals surface area contributed by atoms with Gasteiger partial charge in [0.1, 0.15) is 0 Å². The van der Waals surface area contributed by atoms with E-state index in [1.807, 2.05) is 13.8 Å². The van der Waals surface area contributed by atoms with Crippen LogP contribution in [0.15, 0.2) is 21.7 Å². The Morgan fingerprint density at radius 2 is 2.14 bits per heavy atom. The van der Waals surface area contributed by atoms with Crippen molar-refractivity contribution >= 4 is 23.6 Å². The molecule has 0 atom stereocenters. The second-order valence-corrected chi connectivity index (χ2v) is 5.71. The average molecular weight is 326 g/mol. The lowest BCUT2D eigenvalue weighted by Gasteiger charge is -2.10. The Kier molecular flexibility index (Phi) is 9.21. The van der Waals surface area contributed by atoms with Gasteiger partial charge in [-0.1, -0.05) is 0 Å². The fourth-order valence-electron chi connectivity index (χ4n) is 1.77. The van der Waals surface area contributed by atoms with E-state index >= 15 is 0 Å². The number of aliphatic imine (C=N–C) groups is 1. The van der Waals surface area contributed by atoms with Gasteiger partial charge in [-0.15, -0.1) is 0 Å². The summed E-state index contributed by atoms with van der Waals surface area (Å²) in [6, 6.07) is 1.78. The third kappa shape index (κ3) is 6.89. The molecule has 0 aliphatic heterocycles. The van der Waals surface area contributed by atoms with Crippen molar-refractivity contribution in [1.82, 2.24) is 16.0 Å². The minimum absolute atomic E-state index is 0.170. The quantitative estimate of drug-likeness (QED) is 0.365. The van der Waals surface area contributed by atoms with E-state index in [4.69, 9.17) is 4.42 Å². The molecule has 124 valence electrons. The molecule has 6 nitrogen and oxygen atoms in total. The molecule has 0 saturated heterocycles. The lowest BCUT2D eigenvalue weighted by Crippen LogP contribution is -2.38. The SMILES string of the molecule is CCNC(=NCCCNC(=O)c1occc1C)NCCSC. The Bertz CT molecular complexity index is 474. The summed E-state index contributed by atoms with van der Waals surface area (Å²) in [6.45, 7) is 6.85. The molecule has 0 spiro atoms. The first-order valence-electron chi connectivity index (χ1n) is 7.52. The van der Waals surface area contributed by atoms with Gasteiger partial charge in [0.25, 0.3) is 5.91 Å². The van der Waals surface area contributed by atoms with Crippen molar-refractivity contribution in [2.45, 2.75) is 20.3 Å². The highest BCUT2D eigenvalue weighted by Crippen LogP contribution is 2.07. The zero-order valence-corrected chi connectivity index (χ0v) is 14.4. The number of aryl methyl sites for hydroxylation is 1. The highest BCUT2D eigenvalue weighted by Gasteiger charge is 2.11. The van der Waals surface area contributed by atoms with E-state index in [0.29, 0.717) is 18.8 Å². The topological polar surface area (TPSA) is 78.7 Å². The average Bonchev–Trinajstić information content (AvgIpc) is 2.93. The van der Waals surface area contributed by atoms with E-state index in [0.717, 1.165) is 36.8 Å². The number of carbonyl (C=O) groups is 1. The fraction of sp³-hybridized carbons (Fsp3) is 0.600. The Hall–Kier alpha value is -1.63. The number of guanidine groups is 1. The summed E-state index contributed by atoms with van der Waals surface area (Å²) in [7, 11) is 0. The van der Waals surface area contributed by atoms with Crippen LogP contribution in [-0.4, -0.2) is 50.1 Å². The molecule has 0 radical (unpaired) electrons. The zero-order valence-electron chi connectivity index (χ0n) is 13.6. The van der Waals surface area contributed by atoms with Crippen LogP contribution in [0.25, 0.3) is 0 Å². The van der Waals surface area contributed by atoms with E-state index in [-0.39, 0.29) is 5.91 Å². The van der Waals surface area contributed by atoms with Gasteiger partial charge in [0.05, 0.1) is 6.26 Å². The summed E-state index contributed by atoms with van der Waals surface area (Å²) in [4.78, 5) is 16.3. The van der Waals surface area contributed by atoms with E-state index < -0.39 is 0 Å². The Balaban J connectivity index is 2.25. The molecule has 0 fully saturated rings. The van der Waals surface area contributed by atoms with Crippen molar-refractivity contribution in [3.8, 4) is 0 Å². The molecule has 0 aromatic carbocycles. The maximum Gasteiger partial charge on any atom is 0.287 e. The van der Waals surface area contributed by atoms with Crippen LogP contribution in [-0.2, 0) is 0 Å². The zero-order chi connectivity index (χ0) is 16.2. The van der Waals surface area contributed by atoms with E-state index in [2.05, 4.69) is 27.2 Å². The molecule has 7 heteroatoms. The van der Waals surface area contributed by atoms with Crippen LogP contribution in [0.4, 0.5) is 0 Å². The standard InChI is InChI=1S/C15H26N4O2S/c1-4-16-15(19-9-11-22-3)18-8-5-7-17-14(20)13-12(2)6-10-21-13/h6,10H,4-5,7-9,11H2,1-3H3,(H,17,20)(H2,16,18,19). The smallest absolute Gasteiger partial charge is 0.287 e. The molecular formula is C15H26N4O2S. The van der Waals surface area contributed by atoms with Crippen LogP contribution in [0.3, 0.4) is 0 Å². The van der Waals surface area contributed by atoms with Crippen molar-refractivity contribution in [1.29, 1.82) is 0 Å². The molecule has 0 aliphatic rings. The number of hydrogen-bond acceptors (Lipinski definition) is 4.